The molecule has 0 radical (unpaired) electrons. The molecule has 2 fully saturated rings. The maximum Gasteiger partial charge on any atom is 0.411 e. The first-order valence-electron chi connectivity index (χ1n) is 6.98. The van der Waals surface area contributed by atoms with Crippen molar-refractivity contribution in [1.29, 1.82) is 0 Å². The molecular weight excluding hydrogens is 291 g/mol. The summed E-state index contributed by atoms with van der Waals surface area (Å²) in [6, 6.07) is -0.237. The number of rotatable bonds is 5. The van der Waals surface area contributed by atoms with Crippen LogP contribution in [0.15, 0.2) is 0 Å². The fraction of sp³-hybridized carbons (Fsp3) is 0.846. The minimum atomic E-state index is -4.35. The molecule has 5 nitrogen and oxygen atoms in total. The van der Waals surface area contributed by atoms with Gasteiger partial charge in [-0.1, -0.05) is 0 Å². The van der Waals surface area contributed by atoms with Crippen LogP contribution in [0.2, 0.25) is 0 Å². The van der Waals surface area contributed by atoms with Crippen LogP contribution in [-0.4, -0.2) is 41.9 Å². The van der Waals surface area contributed by atoms with Crippen molar-refractivity contribution in [3.63, 3.8) is 0 Å². The Hall–Kier alpha value is -1.31. The summed E-state index contributed by atoms with van der Waals surface area (Å²) in [5, 5.41) is 11.5. The lowest BCUT2D eigenvalue weighted by molar-refractivity contribution is -0.188. The second kappa shape index (κ2) is 6.21. The predicted molar refractivity (Wildman–Crippen MR) is 65.4 cm³/mol. The van der Waals surface area contributed by atoms with Gasteiger partial charge in [-0.05, 0) is 32.1 Å². The molecule has 2 aliphatic rings. The van der Waals surface area contributed by atoms with Crippen LogP contribution in [0.4, 0.5) is 13.2 Å². The van der Waals surface area contributed by atoms with Gasteiger partial charge in [0, 0.05) is 6.04 Å². The minimum absolute atomic E-state index is 0.237. The van der Waals surface area contributed by atoms with E-state index in [2.05, 4.69) is 5.32 Å². The lowest BCUT2D eigenvalue weighted by atomic mass is 9.92. The summed E-state index contributed by atoms with van der Waals surface area (Å²) in [4.78, 5) is 22.5. The van der Waals surface area contributed by atoms with E-state index < -0.39 is 36.7 Å². The molecule has 0 aromatic rings. The minimum Gasteiger partial charge on any atom is -0.481 e. The average Bonchev–Trinajstić information content (AvgIpc) is 3.16. The highest BCUT2D eigenvalue weighted by atomic mass is 19.4. The van der Waals surface area contributed by atoms with E-state index in [1.54, 1.807) is 0 Å². The number of carbonyl (C=O) groups excluding carboxylic acids is 1. The van der Waals surface area contributed by atoms with Crippen molar-refractivity contribution in [1.82, 2.24) is 5.32 Å². The van der Waals surface area contributed by atoms with E-state index >= 15 is 0 Å². The second-order valence-electron chi connectivity index (χ2n) is 5.71. The Balaban J connectivity index is 1.74. The molecule has 2 saturated carbocycles. The van der Waals surface area contributed by atoms with Crippen LogP contribution in [0.5, 0.6) is 0 Å². The van der Waals surface area contributed by atoms with Crippen molar-refractivity contribution in [3.8, 4) is 0 Å². The molecule has 8 heteroatoms. The molecule has 0 heterocycles. The summed E-state index contributed by atoms with van der Waals surface area (Å²) >= 11 is 0. The number of hydrogen-bond donors (Lipinski definition) is 2. The molecule has 2 N–H and O–H groups in total. The lowest BCUT2D eigenvalue weighted by Crippen LogP contribution is -2.42. The molecule has 2 aliphatic carbocycles. The predicted octanol–water partition coefficient (Wildman–Crippen LogP) is 1.71. The normalized spacial score (nSPS) is 32.5. The van der Waals surface area contributed by atoms with E-state index in [1.165, 1.54) is 0 Å². The van der Waals surface area contributed by atoms with Crippen LogP contribution in [0.25, 0.3) is 0 Å². The molecule has 0 spiro atoms. The Bertz CT molecular complexity index is 413. The topological polar surface area (TPSA) is 75.6 Å². The molecule has 4 atom stereocenters. The van der Waals surface area contributed by atoms with Gasteiger partial charge in [-0.15, -0.1) is 0 Å². The van der Waals surface area contributed by atoms with Gasteiger partial charge >= 0.3 is 12.1 Å². The summed E-state index contributed by atoms with van der Waals surface area (Å²) in [5.74, 6) is -2.42. The van der Waals surface area contributed by atoms with Crippen molar-refractivity contribution in [2.75, 3.05) is 6.61 Å². The SMILES string of the molecule is O=C(O)[C@H]1C[C@H]1C(=O)NC1CCCC(OCC(F)(F)F)C1. The van der Waals surface area contributed by atoms with Gasteiger partial charge in [0.05, 0.1) is 17.9 Å². The summed E-state index contributed by atoms with van der Waals surface area (Å²) < 4.78 is 41.1. The maximum atomic E-state index is 12.1. The van der Waals surface area contributed by atoms with Crippen molar-refractivity contribution in [2.24, 2.45) is 11.8 Å². The summed E-state index contributed by atoms with van der Waals surface area (Å²) in [6.07, 6.45) is -2.28. The third-order valence-corrected chi connectivity index (χ3v) is 3.90. The van der Waals surface area contributed by atoms with Crippen molar-refractivity contribution in [2.45, 2.75) is 50.4 Å². The third kappa shape index (κ3) is 4.87. The molecule has 1 amide bonds. The van der Waals surface area contributed by atoms with Gasteiger partial charge < -0.3 is 15.2 Å². The number of amides is 1. The molecule has 120 valence electrons. The first-order chi connectivity index (χ1) is 9.76. The van der Waals surface area contributed by atoms with Crippen LogP contribution in [-0.2, 0) is 14.3 Å². The monoisotopic (exact) mass is 309 g/mol. The van der Waals surface area contributed by atoms with E-state index in [9.17, 15) is 22.8 Å². The summed E-state index contributed by atoms with van der Waals surface area (Å²) in [6.45, 7) is -1.28. The second-order valence-corrected chi connectivity index (χ2v) is 5.71. The Morgan fingerprint density at radius 1 is 1.19 bits per heavy atom. The van der Waals surface area contributed by atoms with Gasteiger partial charge in [0.1, 0.15) is 6.61 Å². The highest BCUT2D eigenvalue weighted by Gasteiger charge is 2.48. The van der Waals surface area contributed by atoms with Crippen molar-refractivity contribution < 1.29 is 32.6 Å². The molecule has 0 aliphatic heterocycles. The number of carboxylic acids is 1. The van der Waals surface area contributed by atoms with E-state index in [1.807, 2.05) is 0 Å². The van der Waals surface area contributed by atoms with E-state index in [-0.39, 0.29) is 11.9 Å². The molecule has 21 heavy (non-hydrogen) atoms. The molecule has 0 aromatic carbocycles. The number of ether oxygens (including phenoxy) is 1. The lowest BCUT2D eigenvalue weighted by Gasteiger charge is -2.30. The van der Waals surface area contributed by atoms with Gasteiger partial charge in [-0.3, -0.25) is 9.59 Å². The number of alkyl halides is 3. The van der Waals surface area contributed by atoms with Gasteiger partial charge in [-0.25, -0.2) is 0 Å². The number of aliphatic carboxylic acids is 1. The highest BCUT2D eigenvalue weighted by molar-refractivity contribution is 5.89. The highest BCUT2D eigenvalue weighted by Crippen LogP contribution is 2.39. The molecule has 2 unspecified atom stereocenters. The van der Waals surface area contributed by atoms with Gasteiger partial charge in [-0.2, -0.15) is 13.2 Å². The number of halogens is 3. The van der Waals surface area contributed by atoms with Gasteiger partial charge in [0.2, 0.25) is 5.91 Å². The summed E-state index contributed by atoms with van der Waals surface area (Å²) in [7, 11) is 0. The number of carboxylic acid groups (broad SMARTS) is 1. The average molecular weight is 309 g/mol. The van der Waals surface area contributed by atoms with Crippen LogP contribution < -0.4 is 5.32 Å². The number of nitrogens with one attached hydrogen (secondary N) is 1. The molecule has 2 rings (SSSR count). The van der Waals surface area contributed by atoms with Crippen molar-refractivity contribution in [3.05, 3.63) is 0 Å². The zero-order valence-corrected chi connectivity index (χ0v) is 11.4. The quantitative estimate of drug-likeness (QED) is 0.811. The van der Waals surface area contributed by atoms with E-state index in [0.717, 1.165) is 0 Å². The Labute approximate surface area is 119 Å². The van der Waals surface area contributed by atoms with Crippen LogP contribution in [0, 0.1) is 11.8 Å². The fourth-order valence-corrected chi connectivity index (χ4v) is 2.71. The van der Waals surface area contributed by atoms with Crippen LogP contribution in [0.1, 0.15) is 32.1 Å². The van der Waals surface area contributed by atoms with Crippen LogP contribution >= 0.6 is 0 Å². The fourth-order valence-electron chi connectivity index (χ4n) is 2.71. The first kappa shape index (κ1) is 16.1. The standard InChI is InChI=1S/C13H18F3NO4/c14-13(15,16)6-21-8-3-1-2-7(4-8)17-11(18)9-5-10(9)12(19)20/h7-10H,1-6H2,(H,17,18)(H,19,20)/t7?,8?,9-,10+/m1/s1. The number of carbonyl (C=O) groups is 2. The smallest absolute Gasteiger partial charge is 0.411 e. The van der Waals surface area contributed by atoms with Gasteiger partial charge in [0.15, 0.2) is 0 Å². The zero-order valence-electron chi connectivity index (χ0n) is 11.4. The van der Waals surface area contributed by atoms with Gasteiger partial charge in [0.25, 0.3) is 0 Å². The Morgan fingerprint density at radius 3 is 2.48 bits per heavy atom. The Morgan fingerprint density at radius 2 is 1.90 bits per heavy atom. The Kier molecular flexibility index (Phi) is 4.75. The third-order valence-electron chi connectivity index (χ3n) is 3.90. The maximum absolute atomic E-state index is 12.1. The number of hydrogen-bond acceptors (Lipinski definition) is 3. The molecule has 0 saturated heterocycles. The van der Waals surface area contributed by atoms with Crippen molar-refractivity contribution >= 4 is 11.9 Å². The van der Waals surface area contributed by atoms with Crippen LogP contribution in [0.3, 0.4) is 0 Å². The van der Waals surface area contributed by atoms with E-state index in [0.29, 0.717) is 32.1 Å². The van der Waals surface area contributed by atoms with E-state index in [4.69, 9.17) is 9.84 Å². The molecular formula is C13H18F3NO4. The largest absolute Gasteiger partial charge is 0.481 e. The molecule has 0 bridgehead atoms. The zero-order chi connectivity index (χ0) is 15.6. The first-order valence-corrected chi connectivity index (χ1v) is 6.98. The summed E-state index contributed by atoms with van der Waals surface area (Å²) in [5.41, 5.74) is 0. The molecule has 0 aromatic heterocycles.